The van der Waals surface area contributed by atoms with Gasteiger partial charge in [0.25, 0.3) is 11.6 Å². The highest BCUT2D eigenvalue weighted by Gasteiger charge is 2.71. The molecule has 0 aliphatic carbocycles. The zero-order valence-corrected chi connectivity index (χ0v) is 21.2. The first kappa shape index (κ1) is 29.0. The molecule has 2 N–H and O–H groups in total. The molecule has 2 fully saturated rings. The maximum atomic E-state index is 12.5. The van der Waals surface area contributed by atoms with Crippen molar-refractivity contribution in [3.05, 3.63) is 0 Å². The van der Waals surface area contributed by atoms with Gasteiger partial charge in [0.15, 0.2) is 6.10 Å². The molecule has 0 amide bonds. The first-order chi connectivity index (χ1) is 16.4. The molecule has 8 heteroatoms. The van der Waals surface area contributed by atoms with E-state index in [0.29, 0.717) is 12.8 Å². The summed E-state index contributed by atoms with van der Waals surface area (Å²) in [4.78, 5) is 24.8. The van der Waals surface area contributed by atoms with Gasteiger partial charge in [0, 0.05) is 12.8 Å². The number of hydrogen-bond acceptors (Lipinski definition) is 8. The Labute approximate surface area is 204 Å². The lowest BCUT2D eigenvalue weighted by Crippen LogP contribution is -2.55. The molecule has 2 rings (SSSR count). The number of ether oxygens (including phenoxy) is 4. The lowest BCUT2D eigenvalue weighted by molar-refractivity contribution is -0.258. The van der Waals surface area contributed by atoms with Crippen molar-refractivity contribution >= 4 is 11.9 Å². The van der Waals surface area contributed by atoms with Crippen molar-refractivity contribution in [1.29, 1.82) is 0 Å². The Bertz CT molecular complexity index is 612. The van der Waals surface area contributed by atoms with Gasteiger partial charge in [0.1, 0.15) is 12.7 Å². The van der Waals surface area contributed by atoms with E-state index in [2.05, 4.69) is 13.8 Å². The monoisotopic (exact) mass is 486 g/mol. The van der Waals surface area contributed by atoms with Crippen molar-refractivity contribution in [2.24, 2.45) is 0 Å². The van der Waals surface area contributed by atoms with Crippen LogP contribution in [0.1, 0.15) is 117 Å². The van der Waals surface area contributed by atoms with Crippen molar-refractivity contribution in [1.82, 2.24) is 0 Å². The average molecular weight is 487 g/mol. The molecule has 2 saturated heterocycles. The zero-order valence-electron chi connectivity index (χ0n) is 21.2. The molecule has 0 saturated carbocycles. The summed E-state index contributed by atoms with van der Waals surface area (Å²) in [6, 6.07) is 0. The molecule has 0 aromatic heterocycles. The van der Waals surface area contributed by atoms with Crippen molar-refractivity contribution < 1.29 is 38.7 Å². The standard InChI is InChI=1S/C26H46O8/c1-3-5-7-9-11-13-15-17-22(28)33-25(30)20-32-26(21(27)19-31-24(25)26)34-23(29)18-16-14-12-10-8-6-4-2/h21,24,27,30H,3-20H2,1-2H3/t21-,24+,25-,26-/m0/s1. The normalized spacial score (nSPS) is 28.1. The summed E-state index contributed by atoms with van der Waals surface area (Å²) in [6.45, 7) is 3.73. The Morgan fingerprint density at radius 3 is 1.79 bits per heavy atom. The van der Waals surface area contributed by atoms with Gasteiger partial charge in [-0.15, -0.1) is 0 Å². The molecule has 0 spiro atoms. The molecule has 2 aliphatic rings. The van der Waals surface area contributed by atoms with Gasteiger partial charge in [-0.3, -0.25) is 9.59 Å². The van der Waals surface area contributed by atoms with Gasteiger partial charge in [0.05, 0.1) is 6.61 Å². The van der Waals surface area contributed by atoms with E-state index in [-0.39, 0.29) is 19.4 Å². The number of aliphatic hydroxyl groups excluding tert-OH is 1. The summed E-state index contributed by atoms with van der Waals surface area (Å²) in [5.41, 5.74) is 0. The van der Waals surface area contributed by atoms with E-state index in [0.717, 1.165) is 38.5 Å². The van der Waals surface area contributed by atoms with Crippen LogP contribution in [0.5, 0.6) is 0 Å². The third-order valence-corrected chi connectivity index (χ3v) is 6.70. The van der Waals surface area contributed by atoms with E-state index in [9.17, 15) is 19.8 Å². The maximum absolute atomic E-state index is 12.5. The van der Waals surface area contributed by atoms with Crippen LogP contribution in [-0.2, 0) is 28.5 Å². The lowest BCUT2D eigenvalue weighted by Gasteiger charge is -2.31. The fourth-order valence-corrected chi connectivity index (χ4v) is 4.67. The molecular weight excluding hydrogens is 440 g/mol. The SMILES string of the molecule is CCCCCCCCCC(=O)O[C@]12OC[C@](O)(OC(=O)CCCCCCCCC)[C@H]1OC[C@@H]2O. The largest absolute Gasteiger partial charge is 0.427 e. The number of rotatable bonds is 18. The van der Waals surface area contributed by atoms with Crippen LogP contribution in [0.3, 0.4) is 0 Å². The third-order valence-electron chi connectivity index (χ3n) is 6.70. The fourth-order valence-electron chi connectivity index (χ4n) is 4.67. The maximum Gasteiger partial charge on any atom is 0.308 e. The highest BCUT2D eigenvalue weighted by Crippen LogP contribution is 2.44. The summed E-state index contributed by atoms with van der Waals surface area (Å²) in [7, 11) is 0. The number of carbonyl (C=O) groups excluding carboxylic acids is 2. The lowest BCUT2D eigenvalue weighted by atomic mass is 10.0. The molecule has 8 nitrogen and oxygen atoms in total. The van der Waals surface area contributed by atoms with Gasteiger partial charge in [-0.05, 0) is 12.8 Å². The molecule has 34 heavy (non-hydrogen) atoms. The van der Waals surface area contributed by atoms with Gasteiger partial charge in [-0.25, -0.2) is 0 Å². The number of esters is 2. The van der Waals surface area contributed by atoms with Crippen LogP contribution in [0.2, 0.25) is 0 Å². The van der Waals surface area contributed by atoms with E-state index in [1.165, 1.54) is 38.5 Å². The number of aliphatic hydroxyl groups is 2. The number of carbonyl (C=O) groups is 2. The van der Waals surface area contributed by atoms with Crippen LogP contribution < -0.4 is 0 Å². The Hall–Kier alpha value is -1.22. The van der Waals surface area contributed by atoms with Crippen LogP contribution in [0.4, 0.5) is 0 Å². The highest BCUT2D eigenvalue weighted by atomic mass is 16.8. The predicted octanol–water partition coefficient (Wildman–Crippen LogP) is 4.53. The molecule has 0 aromatic carbocycles. The summed E-state index contributed by atoms with van der Waals surface area (Å²) in [5, 5.41) is 21.4. The Balaban J connectivity index is 1.77. The highest BCUT2D eigenvalue weighted by molar-refractivity contribution is 5.71. The molecular formula is C26H46O8. The van der Waals surface area contributed by atoms with Crippen molar-refractivity contribution in [3.63, 3.8) is 0 Å². The minimum absolute atomic E-state index is 0.177. The van der Waals surface area contributed by atoms with E-state index < -0.39 is 42.3 Å². The van der Waals surface area contributed by atoms with Crippen LogP contribution in [0, 0.1) is 0 Å². The molecule has 198 valence electrons. The smallest absolute Gasteiger partial charge is 0.308 e. The first-order valence-electron chi connectivity index (χ1n) is 13.5. The summed E-state index contributed by atoms with van der Waals surface area (Å²) >= 11 is 0. The van der Waals surface area contributed by atoms with Crippen LogP contribution in [-0.4, -0.2) is 59.1 Å². The first-order valence-corrected chi connectivity index (χ1v) is 13.5. The second kappa shape index (κ2) is 15.0. The van der Waals surface area contributed by atoms with Crippen LogP contribution in [0.25, 0.3) is 0 Å². The Morgan fingerprint density at radius 1 is 0.794 bits per heavy atom. The topological polar surface area (TPSA) is 112 Å². The summed E-state index contributed by atoms with van der Waals surface area (Å²) < 4.78 is 21.9. The van der Waals surface area contributed by atoms with E-state index in [1.54, 1.807) is 0 Å². The van der Waals surface area contributed by atoms with E-state index in [1.807, 2.05) is 0 Å². The molecule has 0 bridgehead atoms. The molecule has 0 unspecified atom stereocenters. The summed E-state index contributed by atoms with van der Waals surface area (Å²) in [6.07, 6.45) is 12.7. The minimum atomic E-state index is -2.10. The van der Waals surface area contributed by atoms with Gasteiger partial charge in [-0.2, -0.15) is 0 Å². The second-order valence-corrected chi connectivity index (χ2v) is 9.77. The average Bonchev–Trinajstić information content (AvgIpc) is 3.27. The van der Waals surface area contributed by atoms with E-state index in [4.69, 9.17) is 18.9 Å². The van der Waals surface area contributed by atoms with Crippen molar-refractivity contribution in [2.45, 2.75) is 140 Å². The van der Waals surface area contributed by atoms with Crippen LogP contribution >= 0.6 is 0 Å². The van der Waals surface area contributed by atoms with E-state index >= 15 is 0 Å². The third kappa shape index (κ3) is 8.47. The zero-order chi connectivity index (χ0) is 24.9. The number of fused-ring (bicyclic) bond motifs is 1. The molecule has 4 atom stereocenters. The van der Waals surface area contributed by atoms with Gasteiger partial charge in [0.2, 0.25) is 0 Å². The quantitative estimate of drug-likeness (QED) is 0.165. The molecule has 0 radical (unpaired) electrons. The van der Waals surface area contributed by atoms with Crippen molar-refractivity contribution in [2.75, 3.05) is 13.2 Å². The summed E-state index contributed by atoms with van der Waals surface area (Å²) in [5.74, 6) is -5.04. The second-order valence-electron chi connectivity index (χ2n) is 9.77. The van der Waals surface area contributed by atoms with Crippen LogP contribution in [0.15, 0.2) is 0 Å². The van der Waals surface area contributed by atoms with Crippen molar-refractivity contribution in [3.8, 4) is 0 Å². The Morgan fingerprint density at radius 2 is 1.26 bits per heavy atom. The Kier molecular flexibility index (Phi) is 12.8. The molecule has 2 heterocycles. The fraction of sp³-hybridized carbons (Fsp3) is 0.923. The minimum Gasteiger partial charge on any atom is -0.427 e. The molecule has 2 aliphatic heterocycles. The van der Waals surface area contributed by atoms with Gasteiger partial charge in [-0.1, -0.05) is 90.9 Å². The predicted molar refractivity (Wildman–Crippen MR) is 127 cm³/mol. The number of unbranched alkanes of at least 4 members (excludes halogenated alkanes) is 12. The number of hydrogen-bond donors (Lipinski definition) is 2. The molecule has 0 aromatic rings. The van der Waals surface area contributed by atoms with Gasteiger partial charge < -0.3 is 29.2 Å². The van der Waals surface area contributed by atoms with Gasteiger partial charge >= 0.3 is 11.9 Å².